The van der Waals surface area contributed by atoms with Crippen molar-refractivity contribution in [3.05, 3.63) is 0 Å². The summed E-state index contributed by atoms with van der Waals surface area (Å²) in [5.74, 6) is 0. The molecule has 0 aliphatic carbocycles. The fourth-order valence-corrected chi connectivity index (χ4v) is 1.58. The van der Waals surface area contributed by atoms with Crippen molar-refractivity contribution in [2.75, 3.05) is 0 Å². The molecule has 1 atom stereocenters. The monoisotopic (exact) mass is 200 g/mol. The maximum atomic E-state index is 5.85. The van der Waals surface area contributed by atoms with Crippen molar-refractivity contribution >= 4 is 0 Å². The lowest BCUT2D eigenvalue weighted by atomic mass is 9.89. The second-order valence-electron chi connectivity index (χ2n) is 6.49. The van der Waals surface area contributed by atoms with Gasteiger partial charge in [0.2, 0.25) is 0 Å². The molecular weight excluding hydrogens is 172 g/mol. The van der Waals surface area contributed by atoms with Crippen LogP contribution in [0.15, 0.2) is 0 Å². The zero-order valence-electron chi connectivity index (χ0n) is 11.1. The molecule has 86 valence electrons. The summed E-state index contributed by atoms with van der Waals surface area (Å²) in [5, 5.41) is 0. The number of ether oxygens (including phenoxy) is 1. The van der Waals surface area contributed by atoms with Gasteiger partial charge in [0.1, 0.15) is 0 Å². The Morgan fingerprint density at radius 2 is 1.50 bits per heavy atom. The van der Waals surface area contributed by atoms with Crippen molar-refractivity contribution in [2.45, 2.75) is 79.4 Å². The molecule has 0 aromatic rings. The lowest BCUT2D eigenvalue weighted by molar-refractivity contribution is -0.0554. The molecule has 14 heavy (non-hydrogen) atoms. The Bertz CT molecular complexity index is 148. The molecule has 0 heterocycles. The molecule has 0 N–H and O–H groups in total. The molecule has 0 bridgehead atoms. The van der Waals surface area contributed by atoms with Gasteiger partial charge in [0, 0.05) is 0 Å². The third-order valence-electron chi connectivity index (χ3n) is 2.09. The normalized spacial score (nSPS) is 15.6. The van der Waals surface area contributed by atoms with Crippen molar-refractivity contribution in [3.63, 3.8) is 0 Å². The van der Waals surface area contributed by atoms with Gasteiger partial charge in [-0.3, -0.25) is 0 Å². The molecule has 1 heteroatoms. The van der Waals surface area contributed by atoms with Crippen LogP contribution >= 0.6 is 0 Å². The third-order valence-corrected chi connectivity index (χ3v) is 2.09. The van der Waals surface area contributed by atoms with Crippen molar-refractivity contribution < 1.29 is 4.74 Å². The van der Waals surface area contributed by atoms with Gasteiger partial charge in [0.05, 0.1) is 11.7 Å². The van der Waals surface area contributed by atoms with Crippen LogP contribution in [-0.4, -0.2) is 11.7 Å². The second kappa shape index (κ2) is 5.16. The molecule has 0 saturated heterocycles. The van der Waals surface area contributed by atoms with Crippen molar-refractivity contribution in [3.8, 4) is 0 Å². The van der Waals surface area contributed by atoms with Crippen LogP contribution < -0.4 is 0 Å². The molecule has 0 unspecified atom stereocenters. The predicted octanol–water partition coefficient (Wildman–Crippen LogP) is 4.41. The summed E-state index contributed by atoms with van der Waals surface area (Å²) >= 11 is 0. The number of rotatable bonds is 4. The second-order valence-corrected chi connectivity index (χ2v) is 6.49. The van der Waals surface area contributed by atoms with Gasteiger partial charge < -0.3 is 4.74 Å². The first kappa shape index (κ1) is 14.0. The van der Waals surface area contributed by atoms with E-state index >= 15 is 0 Å². The molecule has 0 aliphatic rings. The molecule has 0 rings (SSSR count). The van der Waals surface area contributed by atoms with Gasteiger partial charge in [-0.15, -0.1) is 0 Å². The maximum Gasteiger partial charge on any atom is 0.0602 e. The van der Waals surface area contributed by atoms with Gasteiger partial charge in [-0.1, -0.05) is 27.2 Å². The summed E-state index contributed by atoms with van der Waals surface area (Å²) in [6.07, 6.45) is 4.11. The Morgan fingerprint density at radius 1 is 1.00 bits per heavy atom. The summed E-state index contributed by atoms with van der Waals surface area (Å²) in [4.78, 5) is 0. The van der Waals surface area contributed by atoms with E-state index in [1.165, 1.54) is 19.3 Å². The average Bonchev–Trinajstić information content (AvgIpc) is 1.78. The van der Waals surface area contributed by atoms with Crippen LogP contribution in [-0.2, 0) is 4.74 Å². The van der Waals surface area contributed by atoms with Crippen LogP contribution in [0.5, 0.6) is 0 Å². The van der Waals surface area contributed by atoms with E-state index in [9.17, 15) is 0 Å². The van der Waals surface area contributed by atoms with Crippen molar-refractivity contribution in [2.24, 2.45) is 5.41 Å². The van der Waals surface area contributed by atoms with Crippen molar-refractivity contribution in [1.82, 2.24) is 0 Å². The standard InChI is InChI=1S/C13H28O/c1-11(14-13(5,6)7)9-8-10-12(2,3)4/h11H,8-10H2,1-7H3/t11-/m0/s1. The third kappa shape index (κ3) is 10.0. The van der Waals surface area contributed by atoms with Crippen LogP contribution in [0.2, 0.25) is 0 Å². The van der Waals surface area contributed by atoms with E-state index < -0.39 is 0 Å². The molecule has 0 aromatic heterocycles. The van der Waals surface area contributed by atoms with Crippen LogP contribution in [0.3, 0.4) is 0 Å². The van der Waals surface area contributed by atoms with E-state index in [0.29, 0.717) is 11.5 Å². The lowest BCUT2D eigenvalue weighted by Gasteiger charge is -2.26. The van der Waals surface area contributed by atoms with Gasteiger partial charge in [-0.25, -0.2) is 0 Å². The maximum absolute atomic E-state index is 5.85. The fraction of sp³-hybridized carbons (Fsp3) is 1.00. The first-order valence-electron chi connectivity index (χ1n) is 5.78. The van der Waals surface area contributed by atoms with Crippen LogP contribution in [0.1, 0.15) is 67.7 Å². The molecule has 0 saturated carbocycles. The van der Waals surface area contributed by atoms with E-state index in [1.807, 2.05) is 0 Å². The van der Waals surface area contributed by atoms with Gasteiger partial charge in [0.15, 0.2) is 0 Å². The minimum absolute atomic E-state index is 0.00114. The van der Waals surface area contributed by atoms with Gasteiger partial charge in [0.25, 0.3) is 0 Å². The predicted molar refractivity (Wildman–Crippen MR) is 63.6 cm³/mol. The van der Waals surface area contributed by atoms with Crippen LogP contribution in [0, 0.1) is 5.41 Å². The average molecular weight is 200 g/mol. The highest BCUT2D eigenvalue weighted by Gasteiger charge is 2.16. The van der Waals surface area contributed by atoms with E-state index in [4.69, 9.17) is 4.74 Å². The number of hydrogen-bond acceptors (Lipinski definition) is 1. The molecule has 0 aliphatic heterocycles. The summed E-state index contributed by atoms with van der Waals surface area (Å²) in [6, 6.07) is 0. The summed E-state index contributed by atoms with van der Waals surface area (Å²) in [5.41, 5.74) is 0.461. The summed E-state index contributed by atoms with van der Waals surface area (Å²) in [6.45, 7) is 15.4. The molecule has 0 aromatic carbocycles. The van der Waals surface area contributed by atoms with Crippen LogP contribution in [0.4, 0.5) is 0 Å². The topological polar surface area (TPSA) is 9.23 Å². The van der Waals surface area contributed by atoms with Gasteiger partial charge in [-0.2, -0.15) is 0 Å². The zero-order valence-corrected chi connectivity index (χ0v) is 11.1. The van der Waals surface area contributed by atoms with Gasteiger partial charge in [-0.05, 0) is 46.0 Å². The van der Waals surface area contributed by atoms with E-state index in [0.717, 1.165) is 0 Å². The minimum atomic E-state index is 0.00114. The molecule has 0 amide bonds. The van der Waals surface area contributed by atoms with Crippen LogP contribution in [0.25, 0.3) is 0 Å². The lowest BCUT2D eigenvalue weighted by Crippen LogP contribution is -2.25. The highest BCUT2D eigenvalue weighted by molar-refractivity contribution is 4.66. The number of hydrogen-bond donors (Lipinski definition) is 0. The first-order valence-corrected chi connectivity index (χ1v) is 5.78. The Hall–Kier alpha value is -0.0400. The SMILES string of the molecule is C[C@@H](CCCC(C)(C)C)OC(C)(C)C. The quantitative estimate of drug-likeness (QED) is 0.653. The van der Waals surface area contributed by atoms with E-state index in [2.05, 4.69) is 48.5 Å². The van der Waals surface area contributed by atoms with E-state index in [-0.39, 0.29) is 5.60 Å². The molecule has 0 radical (unpaired) electrons. The molecule has 0 spiro atoms. The highest BCUT2D eigenvalue weighted by Crippen LogP contribution is 2.23. The smallest absolute Gasteiger partial charge is 0.0602 e. The molecule has 1 nitrogen and oxygen atoms in total. The Kier molecular flexibility index (Phi) is 5.14. The van der Waals surface area contributed by atoms with Gasteiger partial charge >= 0.3 is 0 Å². The summed E-state index contributed by atoms with van der Waals surface area (Å²) in [7, 11) is 0. The largest absolute Gasteiger partial charge is 0.373 e. The highest BCUT2D eigenvalue weighted by atomic mass is 16.5. The van der Waals surface area contributed by atoms with E-state index in [1.54, 1.807) is 0 Å². The fourth-order valence-electron chi connectivity index (χ4n) is 1.58. The zero-order chi connectivity index (χ0) is 11.4. The molecule has 0 fully saturated rings. The first-order chi connectivity index (χ1) is 6.10. The summed E-state index contributed by atoms with van der Waals surface area (Å²) < 4.78 is 5.85. The molecular formula is C13H28O. The minimum Gasteiger partial charge on any atom is -0.373 e. The Morgan fingerprint density at radius 3 is 1.86 bits per heavy atom. The Balaban J connectivity index is 3.60. The van der Waals surface area contributed by atoms with Crippen molar-refractivity contribution in [1.29, 1.82) is 0 Å². The Labute approximate surface area is 90.2 Å².